The normalized spacial score (nSPS) is 12.5. The fraction of sp³-hybridized carbons (Fsp3) is 0.273. The van der Waals surface area contributed by atoms with Gasteiger partial charge >= 0.3 is 0 Å². The van der Waals surface area contributed by atoms with Gasteiger partial charge in [0.05, 0.1) is 0 Å². The number of nitrogens with one attached hydrogen (secondary N) is 2. The molecule has 6 nitrogen and oxygen atoms in total. The molecule has 1 aromatic heterocycles. The second-order valence-electron chi connectivity index (χ2n) is 6.53. The number of ether oxygens (including phenoxy) is 2. The first kappa shape index (κ1) is 18.1. The summed E-state index contributed by atoms with van der Waals surface area (Å²) in [6, 6.07) is 14.0. The van der Waals surface area contributed by atoms with E-state index in [1.807, 2.05) is 24.3 Å². The van der Waals surface area contributed by atoms with Crippen LogP contribution in [0.2, 0.25) is 0 Å². The van der Waals surface area contributed by atoms with E-state index in [1.54, 1.807) is 6.20 Å². The first-order chi connectivity index (χ1) is 13.8. The van der Waals surface area contributed by atoms with Crippen LogP contribution in [0.1, 0.15) is 25.0 Å². The Morgan fingerprint density at radius 1 is 0.893 bits per heavy atom. The van der Waals surface area contributed by atoms with Gasteiger partial charge in [0.25, 0.3) is 0 Å². The molecule has 0 saturated heterocycles. The predicted molar refractivity (Wildman–Crippen MR) is 111 cm³/mol. The largest absolute Gasteiger partial charge is 0.486 e. The standard InChI is InChI=1S/C22H24N4O2/c1-3-15-6-5-7-16(4-2)21(15)25-20-10-11-23-22(26-20)24-17-8-9-18-19(14-17)28-13-12-27-18/h5-11,14H,3-4,12-13H2,1-2H3,(H2,23,24,25,26). The van der Waals surface area contributed by atoms with Crippen LogP contribution in [-0.2, 0) is 12.8 Å². The van der Waals surface area contributed by atoms with Gasteiger partial charge in [0.15, 0.2) is 11.5 Å². The van der Waals surface area contributed by atoms with Gasteiger partial charge in [-0.15, -0.1) is 0 Å². The number of hydrogen-bond acceptors (Lipinski definition) is 6. The molecule has 1 aliphatic rings. The van der Waals surface area contributed by atoms with Crippen LogP contribution in [0.4, 0.5) is 23.1 Å². The van der Waals surface area contributed by atoms with Crippen molar-refractivity contribution in [3.63, 3.8) is 0 Å². The quantitative estimate of drug-likeness (QED) is 0.640. The van der Waals surface area contributed by atoms with Crippen molar-refractivity contribution in [3.05, 3.63) is 59.8 Å². The van der Waals surface area contributed by atoms with E-state index in [0.29, 0.717) is 19.2 Å². The summed E-state index contributed by atoms with van der Waals surface area (Å²) < 4.78 is 11.2. The van der Waals surface area contributed by atoms with Crippen molar-refractivity contribution in [1.82, 2.24) is 9.97 Å². The van der Waals surface area contributed by atoms with Gasteiger partial charge in [0, 0.05) is 23.6 Å². The van der Waals surface area contributed by atoms with Crippen molar-refractivity contribution >= 4 is 23.1 Å². The molecule has 6 heteroatoms. The van der Waals surface area contributed by atoms with Crippen LogP contribution in [0.25, 0.3) is 0 Å². The van der Waals surface area contributed by atoms with Crippen LogP contribution in [0.5, 0.6) is 11.5 Å². The summed E-state index contributed by atoms with van der Waals surface area (Å²) in [5.41, 5.74) is 4.54. The van der Waals surface area contributed by atoms with Crippen molar-refractivity contribution in [2.75, 3.05) is 23.8 Å². The van der Waals surface area contributed by atoms with E-state index in [4.69, 9.17) is 9.47 Å². The van der Waals surface area contributed by atoms with Gasteiger partial charge in [-0.2, -0.15) is 4.98 Å². The lowest BCUT2D eigenvalue weighted by Crippen LogP contribution is -2.15. The topological polar surface area (TPSA) is 68.3 Å². The molecule has 0 unspecified atom stereocenters. The molecule has 0 aliphatic carbocycles. The molecule has 0 spiro atoms. The molecule has 1 aliphatic heterocycles. The zero-order chi connectivity index (χ0) is 19.3. The molecule has 0 amide bonds. The number of aromatic nitrogens is 2. The lowest BCUT2D eigenvalue weighted by molar-refractivity contribution is 0.171. The van der Waals surface area contributed by atoms with Crippen LogP contribution in [0.15, 0.2) is 48.7 Å². The summed E-state index contributed by atoms with van der Waals surface area (Å²) in [5, 5.41) is 6.72. The first-order valence-corrected chi connectivity index (χ1v) is 9.64. The van der Waals surface area contributed by atoms with Crippen LogP contribution in [0, 0.1) is 0 Å². The summed E-state index contributed by atoms with van der Waals surface area (Å²) in [6.45, 7) is 5.46. The van der Waals surface area contributed by atoms with Gasteiger partial charge in [-0.05, 0) is 42.2 Å². The third-order valence-corrected chi connectivity index (χ3v) is 4.71. The van der Waals surface area contributed by atoms with Crippen LogP contribution < -0.4 is 20.1 Å². The average molecular weight is 376 g/mol. The number of para-hydroxylation sites is 1. The van der Waals surface area contributed by atoms with Crippen LogP contribution >= 0.6 is 0 Å². The Balaban J connectivity index is 1.56. The lowest BCUT2D eigenvalue weighted by Gasteiger charge is -2.19. The second kappa shape index (κ2) is 8.17. The molecular formula is C22H24N4O2. The van der Waals surface area contributed by atoms with Crippen molar-refractivity contribution in [2.45, 2.75) is 26.7 Å². The van der Waals surface area contributed by atoms with E-state index >= 15 is 0 Å². The Hall–Kier alpha value is -3.28. The first-order valence-electron chi connectivity index (χ1n) is 9.64. The number of anilines is 4. The summed E-state index contributed by atoms with van der Waals surface area (Å²) in [7, 11) is 0. The van der Waals surface area contributed by atoms with Gasteiger partial charge in [0.1, 0.15) is 19.0 Å². The molecule has 0 saturated carbocycles. The molecule has 3 aromatic rings. The highest BCUT2D eigenvalue weighted by atomic mass is 16.6. The Labute approximate surface area is 164 Å². The number of rotatable bonds is 6. The number of hydrogen-bond donors (Lipinski definition) is 2. The second-order valence-corrected chi connectivity index (χ2v) is 6.53. The molecule has 2 N–H and O–H groups in total. The summed E-state index contributed by atoms with van der Waals surface area (Å²) in [4.78, 5) is 8.96. The maximum absolute atomic E-state index is 5.64. The fourth-order valence-corrected chi connectivity index (χ4v) is 3.27. The highest BCUT2D eigenvalue weighted by Gasteiger charge is 2.12. The van der Waals surface area contributed by atoms with Gasteiger partial charge in [0.2, 0.25) is 5.95 Å². The molecule has 0 fully saturated rings. The number of nitrogens with zero attached hydrogens (tertiary/aromatic N) is 2. The molecular weight excluding hydrogens is 352 g/mol. The third-order valence-electron chi connectivity index (χ3n) is 4.71. The van der Waals surface area contributed by atoms with Crippen molar-refractivity contribution in [2.24, 2.45) is 0 Å². The monoisotopic (exact) mass is 376 g/mol. The Morgan fingerprint density at radius 3 is 2.39 bits per heavy atom. The number of fused-ring (bicyclic) bond motifs is 1. The van der Waals surface area contributed by atoms with E-state index in [0.717, 1.165) is 41.5 Å². The van der Waals surface area contributed by atoms with E-state index in [1.165, 1.54) is 11.1 Å². The average Bonchev–Trinajstić information content (AvgIpc) is 2.74. The van der Waals surface area contributed by atoms with Crippen molar-refractivity contribution < 1.29 is 9.47 Å². The Bertz CT molecular complexity index is 952. The molecule has 0 atom stereocenters. The summed E-state index contributed by atoms with van der Waals surface area (Å²) in [6.07, 6.45) is 3.67. The van der Waals surface area contributed by atoms with E-state index in [2.05, 4.69) is 52.6 Å². The molecule has 2 aromatic carbocycles. The molecule has 0 bridgehead atoms. The molecule has 0 radical (unpaired) electrons. The zero-order valence-corrected chi connectivity index (χ0v) is 16.2. The fourth-order valence-electron chi connectivity index (χ4n) is 3.27. The molecule has 4 rings (SSSR count). The predicted octanol–water partition coefficient (Wildman–Crippen LogP) is 4.86. The SMILES string of the molecule is CCc1cccc(CC)c1Nc1ccnc(Nc2ccc3c(c2)OCCO3)n1. The number of benzene rings is 2. The smallest absolute Gasteiger partial charge is 0.229 e. The third kappa shape index (κ3) is 3.86. The highest BCUT2D eigenvalue weighted by Crippen LogP contribution is 2.33. The molecule has 2 heterocycles. The minimum absolute atomic E-state index is 0.522. The maximum atomic E-state index is 5.64. The van der Waals surface area contributed by atoms with Gasteiger partial charge in [-0.3, -0.25) is 0 Å². The van der Waals surface area contributed by atoms with Gasteiger partial charge in [-0.25, -0.2) is 4.98 Å². The minimum Gasteiger partial charge on any atom is -0.486 e. The Morgan fingerprint density at radius 2 is 1.64 bits per heavy atom. The highest BCUT2D eigenvalue weighted by molar-refractivity contribution is 5.66. The zero-order valence-electron chi connectivity index (χ0n) is 16.2. The van der Waals surface area contributed by atoms with E-state index in [9.17, 15) is 0 Å². The molecule has 28 heavy (non-hydrogen) atoms. The minimum atomic E-state index is 0.522. The Kier molecular flexibility index (Phi) is 5.28. The summed E-state index contributed by atoms with van der Waals surface area (Å²) >= 11 is 0. The molecule has 144 valence electrons. The van der Waals surface area contributed by atoms with Crippen LogP contribution in [-0.4, -0.2) is 23.2 Å². The van der Waals surface area contributed by atoms with Crippen molar-refractivity contribution in [1.29, 1.82) is 0 Å². The van der Waals surface area contributed by atoms with Crippen LogP contribution in [0.3, 0.4) is 0 Å². The van der Waals surface area contributed by atoms with E-state index in [-0.39, 0.29) is 0 Å². The van der Waals surface area contributed by atoms with Gasteiger partial charge in [-0.1, -0.05) is 32.0 Å². The number of aryl methyl sites for hydroxylation is 2. The van der Waals surface area contributed by atoms with Crippen molar-refractivity contribution in [3.8, 4) is 11.5 Å². The lowest BCUT2D eigenvalue weighted by atomic mass is 10.0. The van der Waals surface area contributed by atoms with Gasteiger partial charge < -0.3 is 20.1 Å². The van der Waals surface area contributed by atoms with E-state index < -0.39 is 0 Å². The summed E-state index contributed by atoms with van der Waals surface area (Å²) in [5.74, 6) is 2.77. The maximum Gasteiger partial charge on any atom is 0.229 e.